The van der Waals surface area contributed by atoms with Crippen LogP contribution >= 0.6 is 0 Å². The van der Waals surface area contributed by atoms with Crippen LogP contribution in [-0.4, -0.2) is 53.1 Å². The number of benzene rings is 1. The largest absolute Gasteiger partial charge is 0.346 e. The van der Waals surface area contributed by atoms with Crippen LogP contribution in [0.3, 0.4) is 0 Å². The van der Waals surface area contributed by atoms with Crippen molar-refractivity contribution in [1.82, 2.24) is 30.9 Å². The molecule has 2 aliphatic heterocycles. The maximum absolute atomic E-state index is 13.7. The topological polar surface area (TPSA) is 83.9 Å². The van der Waals surface area contributed by atoms with Crippen LogP contribution in [0, 0.1) is 11.6 Å². The Bertz CT molecular complexity index is 836. The van der Waals surface area contributed by atoms with Crippen molar-refractivity contribution in [2.24, 2.45) is 0 Å². The molecule has 1 amide bonds. The third-order valence-electron chi connectivity index (χ3n) is 5.60. The van der Waals surface area contributed by atoms with Crippen molar-refractivity contribution in [3.8, 4) is 0 Å². The van der Waals surface area contributed by atoms with Crippen LogP contribution in [0.4, 0.5) is 8.78 Å². The summed E-state index contributed by atoms with van der Waals surface area (Å²) >= 11 is 0. The van der Waals surface area contributed by atoms with Crippen LogP contribution in [0.5, 0.6) is 0 Å². The zero-order valence-electron chi connectivity index (χ0n) is 15.5. The predicted octanol–water partition coefficient (Wildman–Crippen LogP) is 1.36. The Hall–Kier alpha value is -2.39. The van der Waals surface area contributed by atoms with E-state index in [1.54, 1.807) is 16.9 Å². The van der Waals surface area contributed by atoms with Crippen LogP contribution in [0.25, 0.3) is 0 Å². The Morgan fingerprint density at radius 3 is 2.68 bits per heavy atom. The maximum atomic E-state index is 13.7. The molecule has 1 aromatic carbocycles. The van der Waals surface area contributed by atoms with Gasteiger partial charge in [-0.25, -0.2) is 13.5 Å². The van der Waals surface area contributed by atoms with Gasteiger partial charge in [-0.15, -0.1) is 5.10 Å². The summed E-state index contributed by atoms with van der Waals surface area (Å²) in [6.45, 7) is 3.16. The summed E-state index contributed by atoms with van der Waals surface area (Å²) in [5.41, 5.74) is 0.956. The zero-order chi connectivity index (χ0) is 19.5. The minimum absolute atomic E-state index is 0.0974. The van der Waals surface area contributed by atoms with E-state index in [4.69, 9.17) is 0 Å². The van der Waals surface area contributed by atoms with Crippen molar-refractivity contribution in [3.63, 3.8) is 0 Å². The van der Waals surface area contributed by atoms with Crippen molar-refractivity contribution in [2.75, 3.05) is 26.2 Å². The first-order valence-corrected chi connectivity index (χ1v) is 9.71. The molecule has 7 nitrogen and oxygen atoms in total. The molecular formula is C19H24F2N6O. The van der Waals surface area contributed by atoms with Gasteiger partial charge in [-0.3, -0.25) is 4.79 Å². The Balaban J connectivity index is 1.46. The number of hydrogen-bond donors (Lipinski definition) is 3. The molecule has 0 spiro atoms. The molecule has 28 heavy (non-hydrogen) atoms. The van der Waals surface area contributed by atoms with E-state index in [0.717, 1.165) is 45.0 Å². The van der Waals surface area contributed by atoms with Crippen LogP contribution in [0.1, 0.15) is 47.3 Å². The normalized spacial score (nSPS) is 23.5. The minimum atomic E-state index is -0.869. The minimum Gasteiger partial charge on any atom is -0.346 e. The van der Waals surface area contributed by atoms with Gasteiger partial charge in [-0.1, -0.05) is 11.3 Å². The SMILES string of the molecule is O=C(NC1CNCCC1c1ccc(F)c(F)c1)c1cn(C2CCNCC2)nn1. The zero-order valence-corrected chi connectivity index (χ0v) is 15.5. The van der Waals surface area contributed by atoms with Gasteiger partial charge in [0.2, 0.25) is 0 Å². The average Bonchev–Trinajstić information content (AvgIpc) is 3.22. The maximum Gasteiger partial charge on any atom is 0.273 e. The molecule has 0 saturated carbocycles. The average molecular weight is 390 g/mol. The van der Waals surface area contributed by atoms with Gasteiger partial charge < -0.3 is 16.0 Å². The monoisotopic (exact) mass is 390 g/mol. The van der Waals surface area contributed by atoms with Crippen LogP contribution in [-0.2, 0) is 0 Å². The van der Waals surface area contributed by atoms with Crippen molar-refractivity contribution < 1.29 is 13.6 Å². The van der Waals surface area contributed by atoms with Crippen LogP contribution in [0.2, 0.25) is 0 Å². The van der Waals surface area contributed by atoms with Gasteiger partial charge in [0.05, 0.1) is 12.2 Å². The standard InChI is InChI=1S/C19H24F2N6O/c20-15-2-1-12(9-16(15)21)14-5-8-23-10-17(14)24-19(28)18-11-27(26-25-18)13-3-6-22-7-4-13/h1-2,9,11,13-14,17,22-23H,3-8,10H2,(H,24,28). The molecule has 0 bridgehead atoms. The summed E-state index contributed by atoms with van der Waals surface area (Å²) < 4.78 is 28.7. The van der Waals surface area contributed by atoms with E-state index in [-0.39, 0.29) is 29.6 Å². The van der Waals surface area contributed by atoms with Gasteiger partial charge in [0.1, 0.15) is 0 Å². The van der Waals surface area contributed by atoms with E-state index in [1.165, 1.54) is 6.07 Å². The Kier molecular flexibility index (Phi) is 5.63. The second-order valence-corrected chi connectivity index (χ2v) is 7.42. The molecule has 3 N–H and O–H groups in total. The van der Waals surface area contributed by atoms with Crippen LogP contribution < -0.4 is 16.0 Å². The van der Waals surface area contributed by atoms with E-state index >= 15 is 0 Å². The lowest BCUT2D eigenvalue weighted by Crippen LogP contribution is -2.50. The van der Waals surface area contributed by atoms with Crippen molar-refractivity contribution >= 4 is 5.91 Å². The molecule has 2 saturated heterocycles. The van der Waals surface area contributed by atoms with Crippen molar-refractivity contribution in [2.45, 2.75) is 37.3 Å². The molecule has 2 fully saturated rings. The Labute approximate surface area is 161 Å². The number of amides is 1. The molecule has 2 aliphatic rings. The van der Waals surface area contributed by atoms with Gasteiger partial charge >= 0.3 is 0 Å². The third-order valence-corrected chi connectivity index (χ3v) is 5.60. The van der Waals surface area contributed by atoms with E-state index in [9.17, 15) is 13.6 Å². The predicted molar refractivity (Wildman–Crippen MR) is 99.0 cm³/mol. The molecule has 9 heteroatoms. The number of nitrogens with zero attached hydrogens (tertiary/aromatic N) is 3. The molecule has 150 valence electrons. The smallest absolute Gasteiger partial charge is 0.273 e. The number of nitrogens with one attached hydrogen (secondary N) is 3. The molecule has 2 atom stereocenters. The number of carbonyl (C=O) groups is 1. The second-order valence-electron chi connectivity index (χ2n) is 7.42. The first-order chi connectivity index (χ1) is 13.6. The van der Waals surface area contributed by atoms with Crippen molar-refractivity contribution in [1.29, 1.82) is 0 Å². The van der Waals surface area contributed by atoms with Gasteiger partial charge in [0.15, 0.2) is 17.3 Å². The molecule has 1 aromatic heterocycles. The number of carbonyl (C=O) groups excluding carboxylic acids is 1. The molecule has 3 heterocycles. The Morgan fingerprint density at radius 2 is 1.89 bits per heavy atom. The molecule has 0 radical (unpaired) electrons. The number of hydrogen-bond acceptors (Lipinski definition) is 5. The lowest BCUT2D eigenvalue weighted by molar-refractivity contribution is 0.0919. The summed E-state index contributed by atoms with van der Waals surface area (Å²) in [6.07, 6.45) is 4.32. The molecule has 2 aromatic rings. The highest BCUT2D eigenvalue weighted by Gasteiger charge is 2.29. The number of piperidine rings is 2. The van der Waals surface area contributed by atoms with E-state index < -0.39 is 11.6 Å². The van der Waals surface area contributed by atoms with E-state index in [1.807, 2.05) is 0 Å². The summed E-state index contributed by atoms with van der Waals surface area (Å²) in [4.78, 5) is 12.7. The summed E-state index contributed by atoms with van der Waals surface area (Å²) in [5, 5.41) is 17.7. The highest BCUT2D eigenvalue weighted by molar-refractivity contribution is 5.92. The summed E-state index contributed by atoms with van der Waals surface area (Å²) in [5.74, 6) is -2.14. The van der Waals surface area contributed by atoms with Gasteiger partial charge in [0.25, 0.3) is 5.91 Å². The lowest BCUT2D eigenvalue weighted by atomic mass is 9.86. The molecular weight excluding hydrogens is 366 g/mol. The van der Waals surface area contributed by atoms with Gasteiger partial charge in [-0.05, 0) is 56.6 Å². The molecule has 4 rings (SSSR count). The summed E-state index contributed by atoms with van der Waals surface area (Å²) in [7, 11) is 0. The Morgan fingerprint density at radius 1 is 1.11 bits per heavy atom. The van der Waals surface area contributed by atoms with E-state index in [0.29, 0.717) is 12.1 Å². The van der Waals surface area contributed by atoms with E-state index in [2.05, 4.69) is 26.3 Å². The highest BCUT2D eigenvalue weighted by Crippen LogP contribution is 2.27. The second kappa shape index (κ2) is 8.32. The van der Waals surface area contributed by atoms with Gasteiger partial charge in [-0.2, -0.15) is 0 Å². The van der Waals surface area contributed by atoms with Crippen molar-refractivity contribution in [3.05, 3.63) is 47.3 Å². The molecule has 0 aliphatic carbocycles. The fourth-order valence-corrected chi connectivity index (χ4v) is 4.02. The number of rotatable bonds is 4. The molecule has 2 unspecified atom stereocenters. The van der Waals surface area contributed by atoms with Gasteiger partial charge in [0, 0.05) is 18.5 Å². The van der Waals surface area contributed by atoms with Crippen LogP contribution in [0.15, 0.2) is 24.4 Å². The highest BCUT2D eigenvalue weighted by atomic mass is 19.2. The lowest BCUT2D eigenvalue weighted by Gasteiger charge is -2.33. The first kappa shape index (κ1) is 18.9. The number of halogens is 2. The fourth-order valence-electron chi connectivity index (χ4n) is 4.02. The first-order valence-electron chi connectivity index (χ1n) is 9.71. The third kappa shape index (κ3) is 4.05. The summed E-state index contributed by atoms with van der Waals surface area (Å²) in [6, 6.07) is 3.95. The fraction of sp³-hybridized carbons (Fsp3) is 0.526. The quantitative estimate of drug-likeness (QED) is 0.734. The number of aromatic nitrogens is 3.